The number of benzene rings is 2. The van der Waals surface area contributed by atoms with Crippen molar-refractivity contribution in [2.75, 3.05) is 30.7 Å². The number of anilines is 2. The summed E-state index contributed by atoms with van der Waals surface area (Å²) in [5.41, 5.74) is 9.12. The average Bonchev–Trinajstić information content (AvgIpc) is 3.36. The van der Waals surface area contributed by atoms with Crippen molar-refractivity contribution in [1.29, 1.82) is 0 Å². The van der Waals surface area contributed by atoms with Crippen molar-refractivity contribution >= 4 is 52.2 Å². The van der Waals surface area contributed by atoms with E-state index in [9.17, 15) is 29.1 Å². The lowest BCUT2D eigenvalue weighted by Gasteiger charge is -2.28. The maximum absolute atomic E-state index is 12.7. The van der Waals surface area contributed by atoms with Gasteiger partial charge in [-0.15, -0.1) is 0 Å². The van der Waals surface area contributed by atoms with E-state index in [0.717, 1.165) is 23.6 Å². The van der Waals surface area contributed by atoms with Gasteiger partial charge in [-0.05, 0) is 114 Å². The number of nitrogens with one attached hydrogen (secondary N) is 5. The molecule has 404 valence electrons. The van der Waals surface area contributed by atoms with Crippen molar-refractivity contribution in [3.8, 4) is 0 Å². The molecule has 18 nitrogen and oxygen atoms in total. The number of aromatic nitrogens is 4. The van der Waals surface area contributed by atoms with Crippen LogP contribution in [0.5, 0.6) is 0 Å². The van der Waals surface area contributed by atoms with Crippen molar-refractivity contribution in [3.05, 3.63) is 87.5 Å². The number of amides is 3. The minimum absolute atomic E-state index is 0.0331. The molecule has 0 aliphatic heterocycles. The second-order valence-electron chi connectivity index (χ2n) is 21.0. The van der Waals surface area contributed by atoms with Gasteiger partial charge in [0.05, 0.1) is 36.4 Å². The second-order valence-corrected chi connectivity index (χ2v) is 21.0. The number of carbonyl (C=O) groups excluding carboxylic acids is 3. The molecule has 4 aromatic rings. The van der Waals surface area contributed by atoms with Crippen LogP contribution >= 0.6 is 0 Å². The number of nitrogens with zero attached hydrogens (tertiary/aromatic N) is 4. The van der Waals surface area contributed by atoms with Crippen molar-refractivity contribution in [2.45, 2.75) is 187 Å². The first-order valence-corrected chi connectivity index (χ1v) is 26.8. The molecule has 0 radical (unpaired) electrons. The number of ether oxygens (including phenoxy) is 1. The standard InChI is InChI=1S/C56H82N10O8/c1-39(42-24-22-41(23-25-42)36-40-18-13-11-9-7-6-8-10-12-14-19-40)66-74-56(4,5)32-35-73-55(2,3)31-30-47(67)58-33-16-15-20-46(53(71)72)63-48(68)21-17-34-59-51(69)43-26-28-44(29-27-43)60-37-45-38-61-50-49(62-45)52(70)65-54(57)64-50/h22-29,38,40,46,60H,6-21,30-37H2,1-5H3,(H,58,67)(H,59,69)(H,63,68)(H,71,72)(H3,57,61,64,65,70)/b66-39+/t46-/m0/s1. The Balaban J connectivity index is 0.894. The summed E-state index contributed by atoms with van der Waals surface area (Å²) in [6.07, 6.45) is 20.7. The second kappa shape index (κ2) is 30.1. The van der Waals surface area contributed by atoms with Gasteiger partial charge in [0.15, 0.2) is 11.2 Å². The van der Waals surface area contributed by atoms with Gasteiger partial charge in [-0.2, -0.15) is 4.98 Å². The fourth-order valence-electron chi connectivity index (χ4n) is 8.87. The predicted molar refractivity (Wildman–Crippen MR) is 290 cm³/mol. The van der Waals surface area contributed by atoms with Crippen LogP contribution in [0, 0.1) is 5.92 Å². The molecule has 18 heteroatoms. The Labute approximate surface area is 436 Å². The quantitative estimate of drug-likeness (QED) is 0.0167. The number of rotatable bonds is 27. The molecular formula is C56H82N10O8. The predicted octanol–water partition coefficient (Wildman–Crippen LogP) is 8.92. The Morgan fingerprint density at radius 3 is 2.12 bits per heavy atom. The summed E-state index contributed by atoms with van der Waals surface area (Å²) < 4.78 is 6.21. The van der Waals surface area contributed by atoms with Gasteiger partial charge in [0.2, 0.25) is 17.8 Å². The lowest BCUT2D eigenvalue weighted by Crippen LogP contribution is -2.41. The number of nitrogens with two attached hydrogens (primary N) is 1. The van der Waals surface area contributed by atoms with E-state index in [1.54, 1.807) is 24.3 Å². The van der Waals surface area contributed by atoms with E-state index >= 15 is 0 Å². The molecule has 2 heterocycles. The summed E-state index contributed by atoms with van der Waals surface area (Å²) in [6.45, 7) is 11.2. The molecule has 1 aliphatic rings. The van der Waals surface area contributed by atoms with Gasteiger partial charge in [-0.25, -0.2) is 14.8 Å². The van der Waals surface area contributed by atoms with Crippen LogP contribution < -0.4 is 32.6 Å². The molecule has 0 bridgehead atoms. The first kappa shape index (κ1) is 58.5. The molecule has 0 spiro atoms. The van der Waals surface area contributed by atoms with Gasteiger partial charge in [0, 0.05) is 43.6 Å². The van der Waals surface area contributed by atoms with Crippen LogP contribution in [0.2, 0.25) is 0 Å². The lowest BCUT2D eigenvalue weighted by atomic mass is 9.88. The Morgan fingerprint density at radius 1 is 0.797 bits per heavy atom. The van der Waals surface area contributed by atoms with E-state index in [2.05, 4.69) is 70.6 Å². The Kier molecular flexibility index (Phi) is 23.8. The molecule has 1 atom stereocenters. The molecule has 74 heavy (non-hydrogen) atoms. The number of carboxylic acids is 1. The first-order valence-electron chi connectivity index (χ1n) is 26.8. The summed E-state index contributed by atoms with van der Waals surface area (Å²) in [5, 5.41) is 25.7. The fraction of sp³-hybridized carbons (Fsp3) is 0.589. The van der Waals surface area contributed by atoms with Crippen LogP contribution in [-0.2, 0) is 36.9 Å². The highest BCUT2D eigenvalue weighted by atomic mass is 16.6. The van der Waals surface area contributed by atoms with E-state index in [4.69, 9.17) is 15.3 Å². The largest absolute Gasteiger partial charge is 0.480 e. The molecule has 0 unspecified atom stereocenters. The number of hydrogen-bond donors (Lipinski definition) is 7. The number of H-pyrrole nitrogens is 1. The smallest absolute Gasteiger partial charge is 0.326 e. The monoisotopic (exact) mass is 1020 g/mol. The number of carbonyl (C=O) groups is 4. The van der Waals surface area contributed by atoms with Crippen molar-refractivity contribution in [1.82, 2.24) is 35.9 Å². The molecule has 5 rings (SSSR count). The van der Waals surface area contributed by atoms with E-state index in [-0.39, 0.29) is 61.3 Å². The summed E-state index contributed by atoms with van der Waals surface area (Å²) in [6, 6.07) is 14.5. The Morgan fingerprint density at radius 2 is 1.45 bits per heavy atom. The van der Waals surface area contributed by atoms with Gasteiger partial charge >= 0.3 is 5.97 Å². The van der Waals surface area contributed by atoms with Crippen LogP contribution in [-0.4, -0.2) is 91.4 Å². The summed E-state index contributed by atoms with van der Waals surface area (Å²) in [7, 11) is 0. The van der Waals surface area contributed by atoms with Crippen LogP contribution in [0.4, 0.5) is 11.6 Å². The molecule has 1 saturated carbocycles. The maximum atomic E-state index is 12.7. The Bertz CT molecular complexity index is 2480. The normalized spacial score (nSPS) is 14.8. The number of aliphatic carboxylic acids is 1. The molecule has 1 fully saturated rings. The summed E-state index contributed by atoms with van der Waals surface area (Å²) in [4.78, 5) is 82.9. The molecule has 0 saturated heterocycles. The summed E-state index contributed by atoms with van der Waals surface area (Å²) >= 11 is 0. The molecule has 8 N–H and O–H groups in total. The van der Waals surface area contributed by atoms with Crippen molar-refractivity contribution in [2.24, 2.45) is 11.1 Å². The van der Waals surface area contributed by atoms with Gasteiger partial charge in [-0.3, -0.25) is 24.2 Å². The molecule has 2 aromatic carbocycles. The van der Waals surface area contributed by atoms with Crippen LogP contribution in [0.3, 0.4) is 0 Å². The fourth-order valence-corrected chi connectivity index (χ4v) is 8.87. The van der Waals surface area contributed by atoms with Crippen LogP contribution in [0.25, 0.3) is 11.2 Å². The number of nitrogen functional groups attached to an aromatic ring is 1. The zero-order valence-electron chi connectivity index (χ0n) is 44.5. The molecule has 1 aliphatic carbocycles. The van der Waals surface area contributed by atoms with Crippen LogP contribution in [0.1, 0.15) is 184 Å². The molecule has 3 amide bonds. The highest BCUT2D eigenvalue weighted by Gasteiger charge is 2.25. The van der Waals surface area contributed by atoms with E-state index < -0.39 is 34.7 Å². The minimum Gasteiger partial charge on any atom is -0.480 e. The third-order valence-electron chi connectivity index (χ3n) is 13.5. The minimum atomic E-state index is -1.14. The number of fused-ring (bicyclic) bond motifs is 1. The summed E-state index contributed by atoms with van der Waals surface area (Å²) in [5.74, 6) is -1.28. The molecular weight excluding hydrogens is 941 g/mol. The van der Waals surface area contributed by atoms with Gasteiger partial charge in [0.1, 0.15) is 11.6 Å². The number of hydrogen-bond acceptors (Lipinski definition) is 13. The third-order valence-corrected chi connectivity index (χ3v) is 13.5. The number of aromatic amines is 1. The van der Waals surface area contributed by atoms with Gasteiger partial charge in [0.25, 0.3) is 11.5 Å². The molecule has 2 aromatic heterocycles. The highest BCUT2D eigenvalue weighted by Crippen LogP contribution is 2.26. The van der Waals surface area contributed by atoms with E-state index in [1.807, 2.05) is 34.6 Å². The van der Waals surface area contributed by atoms with Crippen LogP contribution in [0.15, 0.2) is 64.7 Å². The number of unbranched alkanes of at least 4 members (excludes halogenated alkanes) is 1. The SMILES string of the molecule is C/C(=N\OC(C)(C)CCOC(C)(C)CCC(=O)NCCCC[C@H](NC(=O)CCCNC(=O)c1ccc(NCc2cnc3nc(N)[nH]c(=O)c3n2)cc1)C(=O)O)c1ccc(CC2CCCCCCCCCCC2)cc1. The zero-order chi connectivity index (χ0) is 53.4. The first-order chi connectivity index (χ1) is 35.4. The lowest BCUT2D eigenvalue weighted by molar-refractivity contribution is -0.142. The van der Waals surface area contributed by atoms with Crippen molar-refractivity contribution in [3.63, 3.8) is 0 Å². The topological polar surface area (TPSA) is 265 Å². The average molecular weight is 1020 g/mol. The van der Waals surface area contributed by atoms with E-state index in [1.165, 1.54) is 82.4 Å². The van der Waals surface area contributed by atoms with Gasteiger partial charge < -0.3 is 41.7 Å². The highest BCUT2D eigenvalue weighted by molar-refractivity contribution is 5.98. The number of oxime groups is 1. The maximum Gasteiger partial charge on any atom is 0.326 e. The zero-order valence-corrected chi connectivity index (χ0v) is 44.5. The van der Waals surface area contributed by atoms with Crippen molar-refractivity contribution < 1.29 is 33.9 Å². The Hall–Kier alpha value is -6.43. The van der Waals surface area contributed by atoms with E-state index in [0.29, 0.717) is 62.2 Å². The number of carboxylic acid groups (broad SMARTS) is 1. The van der Waals surface area contributed by atoms with Gasteiger partial charge in [-0.1, -0.05) is 100 Å². The third kappa shape index (κ3) is 21.6.